The lowest BCUT2D eigenvalue weighted by Gasteiger charge is -2.18. The third-order valence-electron chi connectivity index (χ3n) is 3.72. The fourth-order valence-corrected chi connectivity index (χ4v) is 2.37. The van der Waals surface area contributed by atoms with Gasteiger partial charge in [0.15, 0.2) is 0 Å². The van der Waals surface area contributed by atoms with Crippen LogP contribution in [0, 0.1) is 26.7 Å². The van der Waals surface area contributed by atoms with Crippen LogP contribution in [0.2, 0.25) is 0 Å². The molecule has 0 bridgehead atoms. The Labute approximate surface area is 124 Å². The van der Waals surface area contributed by atoms with Gasteiger partial charge in [-0.2, -0.15) is 0 Å². The Kier molecular flexibility index (Phi) is 7.25. The van der Waals surface area contributed by atoms with Crippen molar-refractivity contribution in [3.05, 3.63) is 34.4 Å². The van der Waals surface area contributed by atoms with Gasteiger partial charge in [0.2, 0.25) is 0 Å². The van der Waals surface area contributed by atoms with Crippen LogP contribution in [0.5, 0.6) is 0 Å². The molecule has 0 spiro atoms. The molecule has 0 aromatic heterocycles. The number of hydrogen-bond donors (Lipinski definition) is 1. The summed E-state index contributed by atoms with van der Waals surface area (Å²) in [5, 5.41) is 3.59. The minimum Gasteiger partial charge on any atom is -0.381 e. The molecule has 1 unspecified atom stereocenters. The zero-order valence-electron chi connectivity index (χ0n) is 14.0. The maximum Gasteiger partial charge on any atom is 0.0489 e. The van der Waals surface area contributed by atoms with Gasteiger partial charge in [0.05, 0.1) is 0 Å². The Bertz CT molecular complexity index is 412. The molecule has 0 radical (unpaired) electrons. The van der Waals surface area contributed by atoms with Crippen LogP contribution in [0.1, 0.15) is 55.5 Å². The molecule has 0 heterocycles. The fraction of sp³-hybridized carbons (Fsp3) is 0.667. The Balaban J connectivity index is 2.36. The van der Waals surface area contributed by atoms with E-state index in [0.717, 1.165) is 26.2 Å². The second-order valence-corrected chi connectivity index (χ2v) is 6.29. The highest BCUT2D eigenvalue weighted by Crippen LogP contribution is 2.21. The van der Waals surface area contributed by atoms with E-state index in [1.807, 2.05) is 0 Å². The zero-order valence-corrected chi connectivity index (χ0v) is 14.0. The van der Waals surface area contributed by atoms with Crippen molar-refractivity contribution in [3.8, 4) is 0 Å². The van der Waals surface area contributed by atoms with Crippen LogP contribution < -0.4 is 5.32 Å². The molecule has 2 nitrogen and oxygen atoms in total. The van der Waals surface area contributed by atoms with Crippen molar-refractivity contribution in [2.24, 2.45) is 5.92 Å². The van der Waals surface area contributed by atoms with Gasteiger partial charge in [0.1, 0.15) is 0 Å². The highest BCUT2D eigenvalue weighted by Gasteiger charge is 2.09. The Morgan fingerprint density at radius 2 is 1.65 bits per heavy atom. The lowest BCUT2D eigenvalue weighted by atomic mass is 9.96. The lowest BCUT2D eigenvalue weighted by Crippen LogP contribution is -2.22. The van der Waals surface area contributed by atoms with Crippen LogP contribution in [0.4, 0.5) is 0 Å². The van der Waals surface area contributed by atoms with Crippen molar-refractivity contribution in [1.29, 1.82) is 0 Å². The second kappa shape index (κ2) is 8.43. The number of aryl methyl sites for hydroxylation is 3. The van der Waals surface area contributed by atoms with E-state index in [1.165, 1.54) is 22.3 Å². The first-order chi connectivity index (χ1) is 9.41. The van der Waals surface area contributed by atoms with E-state index < -0.39 is 0 Å². The first-order valence-electron chi connectivity index (χ1n) is 7.80. The minimum absolute atomic E-state index is 0.402. The molecular weight excluding hydrogens is 246 g/mol. The van der Waals surface area contributed by atoms with Gasteiger partial charge in [0, 0.05) is 19.3 Å². The van der Waals surface area contributed by atoms with Crippen LogP contribution in [-0.4, -0.2) is 19.8 Å². The zero-order chi connectivity index (χ0) is 15.1. The number of rotatable bonds is 8. The normalized spacial score (nSPS) is 12.9. The van der Waals surface area contributed by atoms with E-state index in [2.05, 4.69) is 59.0 Å². The smallest absolute Gasteiger partial charge is 0.0489 e. The molecule has 114 valence electrons. The monoisotopic (exact) mass is 277 g/mol. The van der Waals surface area contributed by atoms with Crippen LogP contribution in [0.25, 0.3) is 0 Å². The Morgan fingerprint density at radius 3 is 2.30 bits per heavy atom. The van der Waals surface area contributed by atoms with E-state index in [1.54, 1.807) is 0 Å². The summed E-state index contributed by atoms with van der Waals surface area (Å²) in [6, 6.07) is 5.01. The quantitative estimate of drug-likeness (QED) is 0.714. The van der Waals surface area contributed by atoms with Crippen molar-refractivity contribution in [2.75, 3.05) is 19.8 Å². The molecule has 1 aromatic carbocycles. The van der Waals surface area contributed by atoms with Crippen molar-refractivity contribution >= 4 is 0 Å². The molecule has 1 N–H and O–H groups in total. The summed E-state index contributed by atoms with van der Waals surface area (Å²) in [6.07, 6.45) is 1.07. The molecule has 2 heteroatoms. The second-order valence-electron chi connectivity index (χ2n) is 6.29. The lowest BCUT2D eigenvalue weighted by molar-refractivity contribution is 0.107. The molecule has 20 heavy (non-hydrogen) atoms. The third kappa shape index (κ3) is 5.64. The van der Waals surface area contributed by atoms with E-state index in [0.29, 0.717) is 12.0 Å². The summed E-state index contributed by atoms with van der Waals surface area (Å²) in [4.78, 5) is 0. The molecule has 0 aliphatic rings. The van der Waals surface area contributed by atoms with Gasteiger partial charge in [-0.15, -0.1) is 0 Å². The van der Waals surface area contributed by atoms with E-state index in [4.69, 9.17) is 4.74 Å². The predicted molar refractivity (Wildman–Crippen MR) is 87.3 cm³/mol. The molecule has 0 saturated heterocycles. The van der Waals surface area contributed by atoms with Gasteiger partial charge in [-0.1, -0.05) is 26.0 Å². The molecule has 0 fully saturated rings. The van der Waals surface area contributed by atoms with Crippen LogP contribution >= 0.6 is 0 Å². The molecule has 1 rings (SSSR count). The molecule has 1 aromatic rings. The Morgan fingerprint density at radius 1 is 1.00 bits per heavy atom. The number of hydrogen-bond acceptors (Lipinski definition) is 2. The third-order valence-corrected chi connectivity index (χ3v) is 3.72. The fourth-order valence-electron chi connectivity index (χ4n) is 2.37. The summed E-state index contributed by atoms with van der Waals surface area (Å²) >= 11 is 0. The minimum atomic E-state index is 0.402. The van der Waals surface area contributed by atoms with Gasteiger partial charge in [-0.25, -0.2) is 0 Å². The van der Waals surface area contributed by atoms with Gasteiger partial charge < -0.3 is 10.1 Å². The molecule has 0 aliphatic carbocycles. The van der Waals surface area contributed by atoms with Crippen molar-refractivity contribution in [2.45, 2.75) is 54.0 Å². The average Bonchev–Trinajstić information content (AvgIpc) is 2.37. The van der Waals surface area contributed by atoms with Crippen LogP contribution in [0.3, 0.4) is 0 Å². The average molecular weight is 277 g/mol. The highest BCUT2D eigenvalue weighted by molar-refractivity contribution is 5.37. The SMILES string of the molecule is Cc1cc(C)c(C(C)NCCCOCC(C)C)cc1C. The van der Waals surface area contributed by atoms with Crippen molar-refractivity contribution < 1.29 is 4.74 Å². The summed E-state index contributed by atoms with van der Waals surface area (Å²) in [5.74, 6) is 0.625. The van der Waals surface area contributed by atoms with Gasteiger partial charge in [-0.05, 0) is 68.8 Å². The largest absolute Gasteiger partial charge is 0.381 e. The topological polar surface area (TPSA) is 21.3 Å². The molecule has 0 amide bonds. The van der Waals surface area contributed by atoms with Gasteiger partial charge in [-0.3, -0.25) is 0 Å². The standard InChI is InChI=1S/C18H31NO/c1-13(2)12-20-9-7-8-19-17(6)18-11-15(4)14(3)10-16(18)5/h10-11,13,17,19H,7-9,12H2,1-6H3. The highest BCUT2D eigenvalue weighted by atomic mass is 16.5. The van der Waals surface area contributed by atoms with Gasteiger partial charge >= 0.3 is 0 Å². The summed E-state index contributed by atoms with van der Waals surface area (Å²) < 4.78 is 5.60. The van der Waals surface area contributed by atoms with E-state index >= 15 is 0 Å². The number of nitrogens with one attached hydrogen (secondary N) is 1. The Hall–Kier alpha value is -0.860. The van der Waals surface area contributed by atoms with Crippen LogP contribution in [-0.2, 0) is 4.74 Å². The first kappa shape index (κ1) is 17.2. The maximum atomic E-state index is 5.60. The summed E-state index contributed by atoms with van der Waals surface area (Å²) in [7, 11) is 0. The van der Waals surface area contributed by atoms with Crippen molar-refractivity contribution in [1.82, 2.24) is 5.32 Å². The van der Waals surface area contributed by atoms with Crippen LogP contribution in [0.15, 0.2) is 12.1 Å². The van der Waals surface area contributed by atoms with Gasteiger partial charge in [0.25, 0.3) is 0 Å². The summed E-state index contributed by atoms with van der Waals surface area (Å²) in [6.45, 7) is 15.9. The predicted octanol–water partition coefficient (Wildman–Crippen LogP) is 4.33. The number of benzene rings is 1. The van der Waals surface area contributed by atoms with Crippen molar-refractivity contribution in [3.63, 3.8) is 0 Å². The van der Waals surface area contributed by atoms with E-state index in [9.17, 15) is 0 Å². The summed E-state index contributed by atoms with van der Waals surface area (Å²) in [5.41, 5.74) is 5.54. The number of ether oxygens (including phenoxy) is 1. The molecular formula is C18H31NO. The van der Waals surface area contributed by atoms with E-state index in [-0.39, 0.29) is 0 Å². The first-order valence-corrected chi connectivity index (χ1v) is 7.80. The molecule has 1 atom stereocenters. The molecule has 0 saturated carbocycles. The molecule has 0 aliphatic heterocycles. The maximum absolute atomic E-state index is 5.60.